The van der Waals surface area contributed by atoms with Crippen LogP contribution in [0.25, 0.3) is 11.6 Å². The summed E-state index contributed by atoms with van der Waals surface area (Å²) in [6.07, 6.45) is 6.36. The van der Waals surface area contributed by atoms with Gasteiger partial charge in [-0.15, -0.1) is 0 Å². The molecular weight excluding hydrogens is 262 g/mol. The van der Waals surface area contributed by atoms with E-state index in [1.165, 1.54) is 5.56 Å². The maximum absolute atomic E-state index is 4.69. The van der Waals surface area contributed by atoms with Crippen molar-refractivity contribution in [3.63, 3.8) is 0 Å². The van der Waals surface area contributed by atoms with E-state index in [1.807, 2.05) is 14.0 Å². The van der Waals surface area contributed by atoms with Crippen LogP contribution in [0.4, 0.5) is 0 Å². The lowest BCUT2D eigenvalue weighted by Crippen LogP contribution is -2.15. The summed E-state index contributed by atoms with van der Waals surface area (Å²) in [7, 11) is 1.96. The summed E-state index contributed by atoms with van der Waals surface area (Å²) < 4.78 is 0. The summed E-state index contributed by atoms with van der Waals surface area (Å²) >= 11 is 0. The molecule has 0 radical (unpaired) electrons. The fraction of sp³-hybridized carbons (Fsp3) is 0.500. The summed E-state index contributed by atoms with van der Waals surface area (Å²) in [6, 6.07) is 0. The van der Waals surface area contributed by atoms with E-state index in [9.17, 15) is 0 Å². The fourth-order valence-corrected chi connectivity index (χ4v) is 2.31. The quantitative estimate of drug-likeness (QED) is 0.881. The lowest BCUT2D eigenvalue weighted by atomic mass is 10.0. The average Bonchev–Trinajstić information content (AvgIpc) is 2.52. The molecule has 0 spiro atoms. The van der Waals surface area contributed by atoms with Gasteiger partial charge in [0.2, 0.25) is 0 Å². The van der Waals surface area contributed by atoms with E-state index in [2.05, 4.69) is 39.1 Å². The van der Waals surface area contributed by atoms with Crippen molar-refractivity contribution in [1.29, 1.82) is 0 Å². The lowest BCUT2D eigenvalue weighted by Gasteiger charge is -2.13. The molecule has 0 atom stereocenters. The van der Waals surface area contributed by atoms with Crippen molar-refractivity contribution < 1.29 is 0 Å². The van der Waals surface area contributed by atoms with Crippen LogP contribution in [0, 0.1) is 6.92 Å². The van der Waals surface area contributed by atoms with Gasteiger partial charge in [0.05, 0.1) is 0 Å². The van der Waals surface area contributed by atoms with Gasteiger partial charge in [-0.2, -0.15) is 0 Å². The van der Waals surface area contributed by atoms with Gasteiger partial charge < -0.3 is 5.32 Å². The van der Waals surface area contributed by atoms with E-state index in [-0.39, 0.29) is 0 Å². The van der Waals surface area contributed by atoms with E-state index in [0.29, 0.717) is 11.6 Å². The molecule has 0 fully saturated rings. The molecule has 21 heavy (non-hydrogen) atoms. The number of nitrogens with one attached hydrogen (secondary N) is 1. The number of aromatic nitrogens is 4. The standard InChI is InChI=1S/C16H23N5/c1-5-13-12(7-8-17-4)14(6-2)21-16(20-13)15-18-9-11(3)10-19-15/h9-10,17H,5-8H2,1-4H3. The summed E-state index contributed by atoms with van der Waals surface area (Å²) in [6.45, 7) is 7.17. The first-order valence-electron chi connectivity index (χ1n) is 7.51. The Morgan fingerprint density at radius 3 is 2.00 bits per heavy atom. The third-order valence-electron chi connectivity index (χ3n) is 3.45. The van der Waals surface area contributed by atoms with Crippen LogP contribution in [0.15, 0.2) is 12.4 Å². The lowest BCUT2D eigenvalue weighted by molar-refractivity contribution is 0.759. The monoisotopic (exact) mass is 285 g/mol. The number of aryl methyl sites for hydroxylation is 3. The van der Waals surface area contributed by atoms with Gasteiger partial charge in [0.15, 0.2) is 11.6 Å². The topological polar surface area (TPSA) is 63.6 Å². The van der Waals surface area contributed by atoms with Crippen LogP contribution in [-0.4, -0.2) is 33.5 Å². The van der Waals surface area contributed by atoms with Gasteiger partial charge >= 0.3 is 0 Å². The molecule has 2 heterocycles. The molecule has 112 valence electrons. The minimum atomic E-state index is 0.602. The predicted molar refractivity (Wildman–Crippen MR) is 84.2 cm³/mol. The number of rotatable bonds is 6. The van der Waals surface area contributed by atoms with Crippen LogP contribution in [0.2, 0.25) is 0 Å². The SMILES string of the molecule is CCc1nc(-c2ncc(C)cn2)nc(CC)c1CCNC. The zero-order chi connectivity index (χ0) is 15.2. The fourth-order valence-electron chi connectivity index (χ4n) is 2.31. The number of likely N-dealkylation sites (N-methyl/N-ethyl adjacent to an activating group) is 1. The first-order valence-corrected chi connectivity index (χ1v) is 7.51. The molecular formula is C16H23N5. The van der Waals surface area contributed by atoms with E-state index >= 15 is 0 Å². The van der Waals surface area contributed by atoms with Crippen molar-refractivity contribution >= 4 is 0 Å². The highest BCUT2D eigenvalue weighted by molar-refractivity contribution is 5.45. The highest BCUT2D eigenvalue weighted by atomic mass is 15.0. The van der Waals surface area contributed by atoms with E-state index in [1.54, 1.807) is 12.4 Å². The van der Waals surface area contributed by atoms with Gasteiger partial charge in [-0.25, -0.2) is 19.9 Å². The van der Waals surface area contributed by atoms with Crippen LogP contribution in [-0.2, 0) is 19.3 Å². The van der Waals surface area contributed by atoms with Crippen molar-refractivity contribution in [2.45, 2.75) is 40.0 Å². The van der Waals surface area contributed by atoms with Crippen molar-refractivity contribution in [2.24, 2.45) is 0 Å². The minimum absolute atomic E-state index is 0.602. The molecule has 2 rings (SSSR count). The highest BCUT2D eigenvalue weighted by Gasteiger charge is 2.14. The smallest absolute Gasteiger partial charge is 0.198 e. The molecule has 5 nitrogen and oxygen atoms in total. The third kappa shape index (κ3) is 3.61. The first-order chi connectivity index (χ1) is 10.2. The van der Waals surface area contributed by atoms with Crippen molar-refractivity contribution in [3.8, 4) is 11.6 Å². The molecule has 5 heteroatoms. The van der Waals surface area contributed by atoms with Crippen LogP contribution in [0.5, 0.6) is 0 Å². The molecule has 0 aliphatic heterocycles. The molecule has 0 amide bonds. The number of hydrogen-bond acceptors (Lipinski definition) is 5. The van der Waals surface area contributed by atoms with Crippen LogP contribution in [0.3, 0.4) is 0 Å². The summed E-state index contributed by atoms with van der Waals surface area (Å²) in [4.78, 5) is 18.1. The maximum atomic E-state index is 4.69. The first kappa shape index (κ1) is 15.5. The number of nitrogens with zero attached hydrogens (tertiary/aromatic N) is 4. The Kier molecular flexibility index (Phi) is 5.33. The Hall–Kier alpha value is -1.88. The molecule has 0 aliphatic rings. The van der Waals surface area contributed by atoms with Crippen molar-refractivity contribution in [3.05, 3.63) is 34.9 Å². The van der Waals surface area contributed by atoms with E-state index < -0.39 is 0 Å². The van der Waals surface area contributed by atoms with Gasteiger partial charge in [-0.05, 0) is 50.9 Å². The van der Waals surface area contributed by atoms with Gasteiger partial charge in [-0.3, -0.25) is 0 Å². The van der Waals surface area contributed by atoms with Crippen LogP contribution >= 0.6 is 0 Å². The van der Waals surface area contributed by atoms with Crippen molar-refractivity contribution in [2.75, 3.05) is 13.6 Å². The Morgan fingerprint density at radius 2 is 1.52 bits per heavy atom. The third-order valence-corrected chi connectivity index (χ3v) is 3.45. The van der Waals surface area contributed by atoms with Gasteiger partial charge in [0.1, 0.15) is 0 Å². The van der Waals surface area contributed by atoms with Crippen LogP contribution < -0.4 is 5.32 Å². The van der Waals surface area contributed by atoms with E-state index in [4.69, 9.17) is 0 Å². The highest BCUT2D eigenvalue weighted by Crippen LogP contribution is 2.18. The van der Waals surface area contributed by atoms with E-state index in [0.717, 1.165) is 42.8 Å². The summed E-state index contributed by atoms with van der Waals surface area (Å²) in [5.74, 6) is 1.24. The van der Waals surface area contributed by atoms with Crippen molar-refractivity contribution in [1.82, 2.24) is 25.3 Å². The minimum Gasteiger partial charge on any atom is -0.319 e. The largest absolute Gasteiger partial charge is 0.319 e. The summed E-state index contributed by atoms with van der Waals surface area (Å²) in [5, 5.41) is 3.19. The molecule has 0 unspecified atom stereocenters. The zero-order valence-electron chi connectivity index (χ0n) is 13.3. The Labute approximate surface area is 126 Å². The molecule has 0 bridgehead atoms. The molecule has 2 aromatic heterocycles. The molecule has 0 aromatic carbocycles. The molecule has 0 saturated carbocycles. The molecule has 2 aromatic rings. The zero-order valence-corrected chi connectivity index (χ0v) is 13.3. The Bertz CT molecular complexity index is 567. The normalized spacial score (nSPS) is 10.9. The Morgan fingerprint density at radius 1 is 0.952 bits per heavy atom. The second kappa shape index (κ2) is 7.22. The van der Waals surface area contributed by atoms with Gasteiger partial charge in [-0.1, -0.05) is 13.8 Å². The van der Waals surface area contributed by atoms with Gasteiger partial charge in [0.25, 0.3) is 0 Å². The molecule has 0 saturated heterocycles. The molecule has 0 aliphatic carbocycles. The average molecular weight is 285 g/mol. The number of hydrogen-bond donors (Lipinski definition) is 1. The predicted octanol–water partition coefficient (Wildman–Crippen LogP) is 2.13. The van der Waals surface area contributed by atoms with Crippen LogP contribution in [0.1, 0.15) is 36.4 Å². The summed E-state index contributed by atoms with van der Waals surface area (Å²) in [5.41, 5.74) is 4.52. The Balaban J connectivity index is 2.46. The van der Waals surface area contributed by atoms with Gasteiger partial charge in [0, 0.05) is 23.8 Å². The second-order valence-electron chi connectivity index (χ2n) is 5.06. The molecule has 1 N–H and O–H groups in total. The second-order valence-corrected chi connectivity index (χ2v) is 5.06. The maximum Gasteiger partial charge on any atom is 0.198 e.